The number of nitro benzene ring substituents is 1. The largest absolute Gasteiger partial charge is 0.496 e. The molecule has 0 aliphatic heterocycles. The second kappa shape index (κ2) is 7.41. The van der Waals surface area contributed by atoms with Crippen LogP contribution in [0.2, 0.25) is 0 Å². The number of hydrogen-bond donors (Lipinski definition) is 2. The molecule has 0 radical (unpaired) electrons. The first-order valence-electron chi connectivity index (χ1n) is 7.00. The Labute approximate surface area is 132 Å². The molecular formula is C15H18N3O5+. The van der Waals surface area contributed by atoms with E-state index in [1.807, 2.05) is 13.0 Å². The molecule has 2 rings (SSSR count). The minimum Gasteiger partial charge on any atom is -0.496 e. The van der Waals surface area contributed by atoms with E-state index in [9.17, 15) is 14.9 Å². The standard InChI is InChI=1S/C15H17N3O5/c1-10(14-4-3-7-23-14)16-9-15(19)17-12-6-5-11(22-2)8-13(12)18(20)21/h3-8,10,16H,9H2,1-2H3,(H,17,19)/p+1/t10-/m0/s1. The third-order valence-electron chi connectivity index (χ3n) is 3.32. The van der Waals surface area contributed by atoms with Crippen LogP contribution >= 0.6 is 0 Å². The number of hydrogen-bond acceptors (Lipinski definition) is 5. The number of nitro groups is 1. The lowest BCUT2D eigenvalue weighted by Gasteiger charge is -2.09. The summed E-state index contributed by atoms with van der Waals surface area (Å²) in [6, 6.07) is 7.85. The highest BCUT2D eigenvalue weighted by atomic mass is 16.6. The summed E-state index contributed by atoms with van der Waals surface area (Å²) >= 11 is 0. The van der Waals surface area contributed by atoms with E-state index < -0.39 is 4.92 Å². The van der Waals surface area contributed by atoms with Crippen molar-refractivity contribution in [2.45, 2.75) is 13.0 Å². The number of methoxy groups -OCH3 is 1. The van der Waals surface area contributed by atoms with Gasteiger partial charge in [0.1, 0.15) is 17.5 Å². The summed E-state index contributed by atoms with van der Waals surface area (Å²) < 4.78 is 10.2. The lowest BCUT2D eigenvalue weighted by Crippen LogP contribution is -2.86. The second-order valence-electron chi connectivity index (χ2n) is 4.93. The van der Waals surface area contributed by atoms with Gasteiger partial charge in [0.05, 0.1) is 24.4 Å². The van der Waals surface area contributed by atoms with Crippen molar-refractivity contribution in [3.05, 3.63) is 52.5 Å². The van der Waals surface area contributed by atoms with Crippen molar-refractivity contribution in [3.8, 4) is 5.75 Å². The molecule has 1 aromatic heterocycles. The second-order valence-corrected chi connectivity index (χ2v) is 4.93. The molecule has 1 atom stereocenters. The fourth-order valence-corrected chi connectivity index (χ4v) is 2.05. The molecule has 0 aliphatic rings. The summed E-state index contributed by atoms with van der Waals surface area (Å²) in [5.74, 6) is 0.776. The molecule has 0 bridgehead atoms. The molecule has 1 aromatic carbocycles. The first-order valence-corrected chi connectivity index (χ1v) is 7.00. The van der Waals surface area contributed by atoms with E-state index in [0.29, 0.717) is 5.75 Å². The van der Waals surface area contributed by atoms with Gasteiger partial charge >= 0.3 is 0 Å². The van der Waals surface area contributed by atoms with Crippen molar-refractivity contribution in [2.75, 3.05) is 19.0 Å². The minimum atomic E-state index is -0.562. The van der Waals surface area contributed by atoms with Gasteiger partial charge in [0.2, 0.25) is 0 Å². The van der Waals surface area contributed by atoms with Crippen molar-refractivity contribution in [1.82, 2.24) is 0 Å². The highest BCUT2D eigenvalue weighted by molar-refractivity contribution is 5.93. The van der Waals surface area contributed by atoms with Crippen LogP contribution in [0.25, 0.3) is 0 Å². The lowest BCUT2D eigenvalue weighted by atomic mass is 10.2. The molecule has 0 saturated heterocycles. The van der Waals surface area contributed by atoms with Crippen LogP contribution in [-0.2, 0) is 4.79 Å². The van der Waals surface area contributed by atoms with Gasteiger partial charge in [-0.1, -0.05) is 0 Å². The highest BCUT2D eigenvalue weighted by Crippen LogP contribution is 2.28. The van der Waals surface area contributed by atoms with Gasteiger partial charge in [-0.15, -0.1) is 0 Å². The number of amides is 1. The van der Waals surface area contributed by atoms with Crippen LogP contribution in [0.5, 0.6) is 5.75 Å². The number of anilines is 1. The van der Waals surface area contributed by atoms with E-state index in [1.165, 1.54) is 19.2 Å². The Bertz CT molecular complexity index is 684. The highest BCUT2D eigenvalue weighted by Gasteiger charge is 2.19. The van der Waals surface area contributed by atoms with Crippen LogP contribution in [0.4, 0.5) is 11.4 Å². The molecule has 122 valence electrons. The van der Waals surface area contributed by atoms with Gasteiger partial charge in [-0.3, -0.25) is 14.9 Å². The molecule has 2 aromatic rings. The SMILES string of the molecule is COc1ccc(NC(=O)C[NH2+][C@@H](C)c2ccco2)c([N+](=O)[O-])c1. The number of furan rings is 1. The van der Waals surface area contributed by atoms with Crippen LogP contribution in [-0.4, -0.2) is 24.5 Å². The van der Waals surface area contributed by atoms with E-state index in [0.717, 1.165) is 5.76 Å². The zero-order valence-electron chi connectivity index (χ0n) is 12.8. The molecule has 8 heteroatoms. The molecule has 1 amide bonds. The maximum absolute atomic E-state index is 12.0. The first-order chi connectivity index (χ1) is 11.0. The Morgan fingerprint density at radius 2 is 2.26 bits per heavy atom. The Hall–Kier alpha value is -2.87. The summed E-state index contributed by atoms with van der Waals surface area (Å²) in [5.41, 5.74) is -0.0726. The molecule has 3 N–H and O–H groups in total. The molecular weight excluding hydrogens is 302 g/mol. The minimum absolute atomic E-state index is 0.0263. The predicted octanol–water partition coefficient (Wildman–Crippen LogP) is 1.46. The van der Waals surface area contributed by atoms with E-state index in [4.69, 9.17) is 9.15 Å². The fourth-order valence-electron chi connectivity index (χ4n) is 2.05. The topological polar surface area (TPSA) is 111 Å². The van der Waals surface area contributed by atoms with E-state index in [2.05, 4.69) is 5.32 Å². The van der Waals surface area contributed by atoms with Gasteiger partial charge in [0.25, 0.3) is 11.6 Å². The summed E-state index contributed by atoms with van der Waals surface area (Å²) in [7, 11) is 1.42. The van der Waals surface area contributed by atoms with Gasteiger partial charge in [-0.25, -0.2) is 0 Å². The summed E-state index contributed by atoms with van der Waals surface area (Å²) in [4.78, 5) is 22.5. The van der Waals surface area contributed by atoms with Crippen molar-refractivity contribution in [1.29, 1.82) is 0 Å². The Morgan fingerprint density at radius 3 is 2.87 bits per heavy atom. The van der Waals surface area contributed by atoms with Crippen LogP contribution < -0.4 is 15.4 Å². The molecule has 0 fully saturated rings. The Morgan fingerprint density at radius 1 is 1.48 bits per heavy atom. The first kappa shape index (κ1) is 16.5. The number of nitrogens with zero attached hydrogens (tertiary/aromatic N) is 1. The number of quaternary nitrogens is 1. The number of benzene rings is 1. The van der Waals surface area contributed by atoms with Crippen LogP contribution in [0.3, 0.4) is 0 Å². The van der Waals surface area contributed by atoms with Crippen LogP contribution in [0.1, 0.15) is 18.7 Å². The average Bonchev–Trinajstić information content (AvgIpc) is 3.07. The summed E-state index contributed by atoms with van der Waals surface area (Å²) in [5, 5.41) is 15.4. The van der Waals surface area contributed by atoms with E-state index >= 15 is 0 Å². The Kier molecular flexibility index (Phi) is 5.32. The predicted molar refractivity (Wildman–Crippen MR) is 82.2 cm³/mol. The summed E-state index contributed by atoms with van der Waals surface area (Å²) in [6.07, 6.45) is 1.57. The normalized spacial score (nSPS) is 11.7. The monoisotopic (exact) mass is 320 g/mol. The van der Waals surface area contributed by atoms with Crippen molar-refractivity contribution >= 4 is 17.3 Å². The van der Waals surface area contributed by atoms with Gasteiger partial charge in [0, 0.05) is 0 Å². The zero-order chi connectivity index (χ0) is 16.8. The molecule has 0 unspecified atom stereocenters. The molecule has 23 heavy (non-hydrogen) atoms. The number of carbonyl (C=O) groups is 1. The lowest BCUT2D eigenvalue weighted by molar-refractivity contribution is -0.684. The summed E-state index contributed by atoms with van der Waals surface area (Å²) in [6.45, 7) is 2.02. The average molecular weight is 320 g/mol. The smallest absolute Gasteiger partial charge is 0.296 e. The molecule has 0 aliphatic carbocycles. The van der Waals surface area contributed by atoms with E-state index in [1.54, 1.807) is 23.7 Å². The molecule has 1 heterocycles. The Balaban J connectivity index is 1.98. The van der Waals surface area contributed by atoms with Gasteiger partial charge in [-0.05, 0) is 31.2 Å². The molecule has 0 saturated carbocycles. The fraction of sp³-hybridized carbons (Fsp3) is 0.267. The van der Waals surface area contributed by atoms with Crippen LogP contribution in [0.15, 0.2) is 41.0 Å². The van der Waals surface area contributed by atoms with Crippen molar-refractivity contribution < 1.29 is 24.2 Å². The number of ether oxygens (including phenoxy) is 1. The third-order valence-corrected chi connectivity index (χ3v) is 3.32. The maximum Gasteiger partial charge on any atom is 0.296 e. The van der Waals surface area contributed by atoms with Crippen molar-refractivity contribution in [3.63, 3.8) is 0 Å². The van der Waals surface area contributed by atoms with Crippen LogP contribution in [0, 0.1) is 10.1 Å². The van der Waals surface area contributed by atoms with E-state index in [-0.39, 0.29) is 29.9 Å². The zero-order valence-corrected chi connectivity index (χ0v) is 12.8. The third kappa shape index (κ3) is 4.30. The number of carbonyl (C=O) groups excluding carboxylic acids is 1. The number of rotatable bonds is 7. The quantitative estimate of drug-likeness (QED) is 0.592. The van der Waals surface area contributed by atoms with Crippen molar-refractivity contribution in [2.24, 2.45) is 0 Å². The van der Waals surface area contributed by atoms with Gasteiger partial charge < -0.3 is 19.8 Å². The molecule has 0 spiro atoms. The van der Waals surface area contributed by atoms with Gasteiger partial charge in [-0.2, -0.15) is 0 Å². The maximum atomic E-state index is 12.0. The molecule has 8 nitrogen and oxygen atoms in total. The number of nitrogens with two attached hydrogens (primary N) is 1. The van der Waals surface area contributed by atoms with Gasteiger partial charge in [0.15, 0.2) is 12.3 Å². The number of nitrogens with one attached hydrogen (secondary N) is 1.